The number of hydrogen-bond acceptors (Lipinski definition) is 6. The molecular formula is C32H38N2O5. The van der Waals surface area contributed by atoms with Crippen molar-refractivity contribution in [3.05, 3.63) is 59.2 Å². The van der Waals surface area contributed by atoms with Crippen LogP contribution in [0, 0.1) is 11.8 Å². The van der Waals surface area contributed by atoms with Gasteiger partial charge in [0.1, 0.15) is 11.9 Å². The third kappa shape index (κ3) is 4.13. The number of ether oxygens (including phenoxy) is 2. The van der Waals surface area contributed by atoms with Gasteiger partial charge in [0.05, 0.1) is 6.04 Å². The van der Waals surface area contributed by atoms with Crippen LogP contribution < -0.4 is 9.47 Å². The lowest BCUT2D eigenvalue weighted by Gasteiger charge is -2.60. The molecule has 2 aromatic carbocycles. The molecule has 6 rings (SSSR count). The molecule has 2 bridgehead atoms. The summed E-state index contributed by atoms with van der Waals surface area (Å²) in [6.45, 7) is 7.17. The van der Waals surface area contributed by atoms with Gasteiger partial charge >= 0.3 is 5.97 Å². The quantitative estimate of drug-likeness (QED) is 0.335. The molecule has 0 radical (unpaired) electrons. The number of likely N-dealkylation sites (tertiary alicyclic amines) is 1. The molecule has 2 heterocycles. The molecule has 2 aliphatic heterocycles. The number of piperidine rings is 1. The van der Waals surface area contributed by atoms with Crippen LogP contribution in [0.3, 0.4) is 0 Å². The van der Waals surface area contributed by atoms with E-state index in [1.807, 2.05) is 41.3 Å². The monoisotopic (exact) mass is 530 g/mol. The van der Waals surface area contributed by atoms with E-state index in [0.29, 0.717) is 24.3 Å². The molecular weight excluding hydrogens is 492 g/mol. The molecule has 4 aliphatic rings. The number of nitrogens with zero attached hydrogens (tertiary/aromatic N) is 2. The van der Waals surface area contributed by atoms with Crippen molar-refractivity contribution in [2.75, 3.05) is 20.1 Å². The van der Waals surface area contributed by atoms with Crippen LogP contribution in [0.5, 0.6) is 17.2 Å². The number of phenolic OH excluding ortho intramolecular Hbond substituents is 1. The van der Waals surface area contributed by atoms with Crippen LogP contribution in [0.1, 0.15) is 56.7 Å². The molecule has 1 amide bonds. The number of likely N-dealkylation sites (N-methyl/N-ethyl adjacent to an activating group) is 1. The van der Waals surface area contributed by atoms with Crippen LogP contribution in [0.25, 0.3) is 6.08 Å². The van der Waals surface area contributed by atoms with E-state index in [1.165, 1.54) is 13.0 Å². The van der Waals surface area contributed by atoms with Gasteiger partial charge in [-0.05, 0) is 62.8 Å². The summed E-state index contributed by atoms with van der Waals surface area (Å²) in [5.74, 6) is 1.18. The largest absolute Gasteiger partial charge is 0.508 e. The van der Waals surface area contributed by atoms with Crippen molar-refractivity contribution in [2.24, 2.45) is 11.8 Å². The smallest absolute Gasteiger partial charge is 0.308 e. The molecule has 1 saturated heterocycles. The van der Waals surface area contributed by atoms with Crippen LogP contribution in [0.2, 0.25) is 0 Å². The number of aromatic hydroxyl groups is 1. The van der Waals surface area contributed by atoms with Crippen LogP contribution in [-0.4, -0.2) is 65.1 Å². The summed E-state index contributed by atoms with van der Waals surface area (Å²) in [6, 6.07) is 11.6. The average Bonchev–Trinajstić information content (AvgIpc) is 3.25. The van der Waals surface area contributed by atoms with Crippen molar-refractivity contribution in [3.63, 3.8) is 0 Å². The minimum absolute atomic E-state index is 0.0180. The summed E-state index contributed by atoms with van der Waals surface area (Å²) in [6.07, 6.45) is 6.73. The lowest BCUT2D eigenvalue weighted by Crippen LogP contribution is -2.68. The molecule has 1 saturated carbocycles. The maximum absolute atomic E-state index is 13.8. The predicted molar refractivity (Wildman–Crippen MR) is 149 cm³/mol. The third-order valence-corrected chi connectivity index (χ3v) is 9.37. The van der Waals surface area contributed by atoms with E-state index < -0.39 is 5.97 Å². The molecule has 1 spiro atoms. The van der Waals surface area contributed by atoms with Crippen LogP contribution in [0.15, 0.2) is 42.5 Å². The van der Waals surface area contributed by atoms with Gasteiger partial charge in [0, 0.05) is 48.2 Å². The highest BCUT2D eigenvalue weighted by Crippen LogP contribution is 2.65. The molecule has 0 aromatic heterocycles. The Morgan fingerprint density at radius 3 is 2.74 bits per heavy atom. The van der Waals surface area contributed by atoms with Crippen molar-refractivity contribution >= 4 is 18.0 Å². The highest BCUT2D eigenvalue weighted by molar-refractivity contribution is 5.92. The number of carbonyl (C=O) groups excluding carboxylic acids is 2. The average molecular weight is 531 g/mol. The summed E-state index contributed by atoms with van der Waals surface area (Å²) in [5.41, 5.74) is 2.57. The van der Waals surface area contributed by atoms with Gasteiger partial charge in [0.2, 0.25) is 5.91 Å². The zero-order chi connectivity index (χ0) is 27.5. The Hall–Kier alpha value is -3.32. The normalized spacial score (nSPS) is 28.7. The van der Waals surface area contributed by atoms with E-state index in [9.17, 15) is 14.7 Å². The number of carbonyl (C=O) groups is 2. The maximum atomic E-state index is 13.8. The fourth-order valence-corrected chi connectivity index (χ4v) is 7.92. The van der Waals surface area contributed by atoms with Crippen LogP contribution in [0.4, 0.5) is 0 Å². The molecule has 2 aliphatic carbocycles. The second-order valence-corrected chi connectivity index (χ2v) is 12.1. The van der Waals surface area contributed by atoms with Gasteiger partial charge in [-0.1, -0.05) is 44.2 Å². The highest BCUT2D eigenvalue weighted by Gasteiger charge is 2.67. The topological polar surface area (TPSA) is 79.3 Å². The SMILES string of the molecule is CC(=O)Oc1cc(O)c2c3c1O[C@H]1[C@H](N(CC(C)C)C(=O)C=Cc4ccccc4)CC[C@H]4[C@@H](C2)N(C)CC[C@@]341. The zero-order valence-electron chi connectivity index (χ0n) is 23.2. The zero-order valence-corrected chi connectivity index (χ0v) is 23.2. The van der Waals surface area contributed by atoms with Crippen LogP contribution >= 0.6 is 0 Å². The minimum atomic E-state index is -0.450. The summed E-state index contributed by atoms with van der Waals surface area (Å²) in [7, 11) is 2.17. The first-order chi connectivity index (χ1) is 18.7. The van der Waals surface area contributed by atoms with Gasteiger partial charge in [-0.15, -0.1) is 0 Å². The van der Waals surface area contributed by atoms with E-state index in [0.717, 1.165) is 48.9 Å². The van der Waals surface area contributed by atoms with Gasteiger partial charge in [-0.25, -0.2) is 0 Å². The van der Waals surface area contributed by atoms with Crippen molar-refractivity contribution in [3.8, 4) is 17.2 Å². The first-order valence-electron chi connectivity index (χ1n) is 14.2. The minimum Gasteiger partial charge on any atom is -0.508 e. The predicted octanol–water partition coefficient (Wildman–Crippen LogP) is 4.55. The molecule has 7 heteroatoms. The summed E-state index contributed by atoms with van der Waals surface area (Å²) < 4.78 is 12.4. The lowest BCUT2D eigenvalue weighted by molar-refractivity contribution is -0.138. The molecule has 1 N–H and O–H groups in total. The van der Waals surface area contributed by atoms with Crippen molar-refractivity contribution in [1.29, 1.82) is 0 Å². The Labute approximate surface area is 230 Å². The van der Waals surface area contributed by atoms with E-state index >= 15 is 0 Å². The number of rotatable bonds is 6. The standard InChI is InChI=1S/C32H38N2O5/c1-19(2)18-34(28(37)13-10-21-8-6-5-7-9-21)24-12-11-23-25-16-22-26(36)17-27(38-20(3)35)30-29(22)32(23,31(24)39-30)14-15-33(25)4/h5-10,13,17,19,23-25,31,36H,11-12,14-16,18H2,1-4H3/t23-,24+,25+,31-,32-/m0/s1. The number of benzene rings is 2. The molecule has 0 unspecified atom stereocenters. The summed E-state index contributed by atoms with van der Waals surface area (Å²) in [5, 5.41) is 11.1. The third-order valence-electron chi connectivity index (χ3n) is 9.37. The molecule has 5 atom stereocenters. The second-order valence-electron chi connectivity index (χ2n) is 12.1. The number of phenols is 1. The van der Waals surface area contributed by atoms with E-state index in [1.54, 1.807) is 6.08 Å². The highest BCUT2D eigenvalue weighted by atomic mass is 16.6. The van der Waals surface area contributed by atoms with Gasteiger partial charge in [0.15, 0.2) is 11.5 Å². The first kappa shape index (κ1) is 25.9. The van der Waals surface area contributed by atoms with Gasteiger partial charge in [0.25, 0.3) is 0 Å². The Bertz CT molecular complexity index is 1320. The molecule has 2 aromatic rings. The van der Waals surface area contributed by atoms with Gasteiger partial charge in [-0.2, -0.15) is 0 Å². The fourth-order valence-electron chi connectivity index (χ4n) is 7.92. The van der Waals surface area contributed by atoms with Crippen molar-refractivity contribution < 1.29 is 24.2 Å². The van der Waals surface area contributed by atoms with E-state index in [4.69, 9.17) is 9.47 Å². The summed E-state index contributed by atoms with van der Waals surface area (Å²) >= 11 is 0. The van der Waals surface area contributed by atoms with Gasteiger partial charge in [-0.3, -0.25) is 9.59 Å². The van der Waals surface area contributed by atoms with Crippen LogP contribution in [-0.2, 0) is 21.4 Å². The Morgan fingerprint density at radius 1 is 1.26 bits per heavy atom. The molecule has 2 fully saturated rings. The Kier molecular flexibility index (Phi) is 6.45. The van der Waals surface area contributed by atoms with Gasteiger partial charge < -0.3 is 24.4 Å². The molecule has 206 valence electrons. The maximum Gasteiger partial charge on any atom is 0.308 e. The van der Waals surface area contributed by atoms with Crippen molar-refractivity contribution in [2.45, 2.75) is 70.1 Å². The second kappa shape index (κ2) is 9.70. The lowest BCUT2D eigenvalue weighted by atomic mass is 9.51. The molecule has 7 nitrogen and oxygen atoms in total. The number of amides is 1. The first-order valence-corrected chi connectivity index (χ1v) is 14.2. The van der Waals surface area contributed by atoms with E-state index in [2.05, 4.69) is 25.8 Å². The molecule has 39 heavy (non-hydrogen) atoms. The Morgan fingerprint density at radius 2 is 2.03 bits per heavy atom. The Balaban J connectivity index is 1.44. The number of hydrogen-bond donors (Lipinski definition) is 1. The fraction of sp³-hybridized carbons (Fsp3) is 0.500. The van der Waals surface area contributed by atoms with Crippen molar-refractivity contribution in [1.82, 2.24) is 9.80 Å². The summed E-state index contributed by atoms with van der Waals surface area (Å²) in [4.78, 5) is 30.3. The number of esters is 1. The van der Waals surface area contributed by atoms with E-state index in [-0.39, 0.29) is 40.9 Å².